The Morgan fingerprint density at radius 3 is 2.48 bits per heavy atom. The summed E-state index contributed by atoms with van der Waals surface area (Å²) in [7, 11) is 0. The Kier molecular flexibility index (Phi) is 7.74. The highest BCUT2D eigenvalue weighted by Crippen LogP contribution is 2.30. The first-order valence-electron chi connectivity index (χ1n) is 9.17. The van der Waals surface area contributed by atoms with Gasteiger partial charge in [-0.1, -0.05) is 12.1 Å². The van der Waals surface area contributed by atoms with Crippen LogP contribution in [0, 0.1) is 0 Å². The average Bonchev–Trinajstić information content (AvgIpc) is 2.62. The molecule has 0 aliphatic carbocycles. The molecule has 2 aromatic rings. The molecule has 2 aromatic carbocycles. The Morgan fingerprint density at radius 2 is 1.78 bits per heavy atom. The van der Waals surface area contributed by atoms with E-state index in [1.54, 1.807) is 24.3 Å². The van der Waals surface area contributed by atoms with E-state index in [9.17, 15) is 4.79 Å². The van der Waals surface area contributed by atoms with Crippen LogP contribution in [0.2, 0.25) is 0 Å². The fraction of sp³-hybridized carbons (Fsp3) is 0.318. The van der Waals surface area contributed by atoms with Crippen molar-refractivity contribution in [1.82, 2.24) is 0 Å². The first-order valence-corrected chi connectivity index (χ1v) is 9.17. The van der Waals surface area contributed by atoms with Crippen molar-refractivity contribution in [1.29, 1.82) is 0 Å². The Morgan fingerprint density at radius 1 is 1.04 bits per heavy atom. The van der Waals surface area contributed by atoms with Gasteiger partial charge in [-0.3, -0.25) is 4.79 Å². The zero-order valence-corrected chi connectivity index (χ0v) is 16.3. The van der Waals surface area contributed by atoms with Crippen molar-refractivity contribution in [3.05, 3.63) is 54.1 Å². The van der Waals surface area contributed by atoms with Crippen molar-refractivity contribution in [3.8, 4) is 17.2 Å². The smallest absolute Gasteiger partial charge is 0.248 e. The molecular weight excluding hydrogens is 342 g/mol. The summed E-state index contributed by atoms with van der Waals surface area (Å²) in [4.78, 5) is 12.2. The fourth-order valence-corrected chi connectivity index (χ4v) is 2.45. The molecule has 0 saturated heterocycles. The predicted octanol–water partition coefficient (Wildman–Crippen LogP) is 4.92. The molecule has 144 valence electrons. The van der Waals surface area contributed by atoms with E-state index in [-0.39, 0.29) is 12.0 Å². The normalized spacial score (nSPS) is 10.9. The number of nitrogens with one attached hydrogen (secondary N) is 1. The highest BCUT2D eigenvalue weighted by molar-refractivity contribution is 6.02. The first-order chi connectivity index (χ1) is 13.0. The molecule has 2 rings (SSSR count). The van der Waals surface area contributed by atoms with Crippen LogP contribution in [0.25, 0.3) is 6.08 Å². The number of amides is 1. The average molecular weight is 369 g/mol. The number of benzene rings is 2. The van der Waals surface area contributed by atoms with E-state index in [1.165, 1.54) is 6.08 Å². The van der Waals surface area contributed by atoms with E-state index in [0.717, 1.165) is 11.3 Å². The first kappa shape index (κ1) is 20.4. The molecule has 0 aromatic heterocycles. The van der Waals surface area contributed by atoms with Gasteiger partial charge in [-0.15, -0.1) is 0 Å². The molecule has 5 nitrogen and oxygen atoms in total. The molecule has 0 radical (unpaired) electrons. The number of hydrogen-bond acceptors (Lipinski definition) is 4. The van der Waals surface area contributed by atoms with Crippen molar-refractivity contribution in [2.75, 3.05) is 18.5 Å². The minimum atomic E-state index is -0.225. The lowest BCUT2D eigenvalue weighted by Gasteiger charge is -2.12. The molecule has 0 atom stereocenters. The third-order valence-electron chi connectivity index (χ3n) is 3.47. The summed E-state index contributed by atoms with van der Waals surface area (Å²) < 4.78 is 16.8. The van der Waals surface area contributed by atoms with Crippen molar-refractivity contribution >= 4 is 17.7 Å². The molecule has 0 spiro atoms. The summed E-state index contributed by atoms with van der Waals surface area (Å²) in [6.07, 6.45) is 3.35. The van der Waals surface area contributed by atoms with Gasteiger partial charge in [-0.05, 0) is 63.6 Å². The third-order valence-corrected chi connectivity index (χ3v) is 3.47. The largest absolute Gasteiger partial charge is 0.491 e. The van der Waals surface area contributed by atoms with Gasteiger partial charge in [-0.25, -0.2) is 0 Å². The van der Waals surface area contributed by atoms with E-state index in [1.807, 2.05) is 52.0 Å². The number of carbonyl (C=O) groups is 1. The summed E-state index contributed by atoms with van der Waals surface area (Å²) in [6, 6.07) is 13.0. The summed E-state index contributed by atoms with van der Waals surface area (Å²) >= 11 is 0. The predicted molar refractivity (Wildman–Crippen MR) is 109 cm³/mol. The molecular formula is C22H27NO4. The quantitative estimate of drug-likeness (QED) is 0.637. The van der Waals surface area contributed by atoms with Crippen molar-refractivity contribution in [2.45, 2.75) is 33.8 Å². The monoisotopic (exact) mass is 369 g/mol. The summed E-state index contributed by atoms with van der Waals surface area (Å²) in [5.74, 6) is 1.83. The Labute approximate surface area is 161 Å². The van der Waals surface area contributed by atoms with Crippen LogP contribution in [0.5, 0.6) is 17.2 Å². The zero-order chi connectivity index (χ0) is 19.6. The van der Waals surface area contributed by atoms with Gasteiger partial charge < -0.3 is 19.5 Å². The summed E-state index contributed by atoms with van der Waals surface area (Å²) in [6.45, 7) is 8.84. The van der Waals surface area contributed by atoms with E-state index in [4.69, 9.17) is 14.2 Å². The van der Waals surface area contributed by atoms with Gasteiger partial charge in [0, 0.05) is 17.8 Å². The topological polar surface area (TPSA) is 56.8 Å². The molecule has 0 aliphatic rings. The summed E-state index contributed by atoms with van der Waals surface area (Å²) in [5, 5.41) is 2.83. The lowest BCUT2D eigenvalue weighted by Crippen LogP contribution is -2.08. The molecule has 1 N–H and O–H groups in total. The molecule has 0 aliphatic heterocycles. The van der Waals surface area contributed by atoms with E-state index in [0.29, 0.717) is 30.4 Å². The highest BCUT2D eigenvalue weighted by Gasteiger charge is 2.07. The number of carbonyl (C=O) groups excluding carboxylic acids is 1. The summed E-state index contributed by atoms with van der Waals surface area (Å²) in [5.41, 5.74) is 1.54. The van der Waals surface area contributed by atoms with Crippen molar-refractivity contribution in [2.24, 2.45) is 0 Å². The Hall–Kier alpha value is -2.95. The second kappa shape index (κ2) is 10.3. The van der Waals surface area contributed by atoms with E-state index >= 15 is 0 Å². The van der Waals surface area contributed by atoms with Crippen molar-refractivity contribution in [3.63, 3.8) is 0 Å². The second-order valence-corrected chi connectivity index (χ2v) is 6.09. The molecule has 27 heavy (non-hydrogen) atoms. The van der Waals surface area contributed by atoms with Crippen LogP contribution in [-0.4, -0.2) is 25.2 Å². The number of rotatable bonds is 9. The maximum absolute atomic E-state index is 12.2. The van der Waals surface area contributed by atoms with Gasteiger partial charge in [0.2, 0.25) is 5.91 Å². The molecule has 0 fully saturated rings. The number of hydrogen-bond donors (Lipinski definition) is 1. The maximum atomic E-state index is 12.2. The van der Waals surface area contributed by atoms with Gasteiger partial charge in [0.25, 0.3) is 0 Å². The molecule has 0 heterocycles. The van der Waals surface area contributed by atoms with E-state index in [2.05, 4.69) is 5.32 Å². The minimum Gasteiger partial charge on any atom is -0.491 e. The fourth-order valence-electron chi connectivity index (χ4n) is 2.45. The highest BCUT2D eigenvalue weighted by atomic mass is 16.5. The lowest BCUT2D eigenvalue weighted by molar-refractivity contribution is -0.111. The van der Waals surface area contributed by atoms with Gasteiger partial charge in [0.15, 0.2) is 11.5 Å². The Bertz CT molecular complexity index is 784. The van der Waals surface area contributed by atoms with Gasteiger partial charge in [-0.2, -0.15) is 0 Å². The number of anilines is 1. The molecule has 0 bridgehead atoms. The maximum Gasteiger partial charge on any atom is 0.248 e. The van der Waals surface area contributed by atoms with Gasteiger partial charge in [0.1, 0.15) is 5.75 Å². The van der Waals surface area contributed by atoms with Crippen LogP contribution in [-0.2, 0) is 4.79 Å². The second-order valence-electron chi connectivity index (χ2n) is 6.09. The van der Waals surface area contributed by atoms with Gasteiger partial charge >= 0.3 is 0 Å². The van der Waals surface area contributed by atoms with Crippen LogP contribution in [0.3, 0.4) is 0 Å². The van der Waals surface area contributed by atoms with Crippen LogP contribution in [0.1, 0.15) is 33.3 Å². The minimum absolute atomic E-state index is 0.103. The van der Waals surface area contributed by atoms with Crippen LogP contribution in [0.4, 0.5) is 5.69 Å². The zero-order valence-electron chi connectivity index (χ0n) is 16.3. The van der Waals surface area contributed by atoms with Gasteiger partial charge in [0.05, 0.1) is 19.3 Å². The molecule has 0 unspecified atom stereocenters. The third kappa shape index (κ3) is 6.70. The molecule has 1 amide bonds. The van der Waals surface area contributed by atoms with E-state index < -0.39 is 0 Å². The SMILES string of the molecule is CCOc1ccc(NC(=O)/C=C/c2cccc(OC(C)C)c2)cc1OCC. The molecule has 5 heteroatoms. The Balaban J connectivity index is 2.04. The van der Waals surface area contributed by atoms with Crippen LogP contribution < -0.4 is 19.5 Å². The lowest BCUT2D eigenvalue weighted by atomic mass is 10.2. The molecule has 0 saturated carbocycles. The number of ether oxygens (including phenoxy) is 3. The van der Waals surface area contributed by atoms with Crippen molar-refractivity contribution < 1.29 is 19.0 Å². The van der Waals surface area contributed by atoms with Crippen LogP contribution in [0.15, 0.2) is 48.5 Å². The van der Waals surface area contributed by atoms with Crippen LogP contribution >= 0.6 is 0 Å². The standard InChI is InChI=1S/C22H27NO4/c1-5-25-20-12-11-18(15-21(20)26-6-2)23-22(24)13-10-17-8-7-9-19(14-17)27-16(3)4/h7-16H,5-6H2,1-4H3,(H,23,24)/b13-10+.